The topological polar surface area (TPSA) is 55.4 Å². The highest BCUT2D eigenvalue weighted by molar-refractivity contribution is 5.95. The number of fused-ring (bicyclic) bond motifs is 1. The molecule has 3 rings (SSSR count). The van der Waals surface area contributed by atoms with Crippen LogP contribution in [0.4, 0.5) is 5.69 Å². The molecule has 0 radical (unpaired) electrons. The Morgan fingerprint density at radius 3 is 2.70 bits per heavy atom. The number of allylic oxidation sites excluding steroid dienone is 2. The fourth-order valence-electron chi connectivity index (χ4n) is 2.73. The van der Waals surface area contributed by atoms with Crippen LogP contribution < -0.4 is 5.32 Å². The first kappa shape index (κ1) is 15.3. The summed E-state index contributed by atoms with van der Waals surface area (Å²) < 4.78 is 5.12. The molecule has 0 aliphatic heterocycles. The minimum Gasteiger partial charge on any atom is -0.455 e. The van der Waals surface area contributed by atoms with Crippen LogP contribution in [0.15, 0.2) is 54.6 Å². The highest BCUT2D eigenvalue weighted by atomic mass is 16.5. The lowest BCUT2D eigenvalue weighted by Gasteiger charge is -2.16. The zero-order valence-corrected chi connectivity index (χ0v) is 12.8. The molecule has 0 unspecified atom stereocenters. The van der Waals surface area contributed by atoms with Crippen molar-refractivity contribution < 1.29 is 14.3 Å². The maximum Gasteiger partial charge on any atom is 0.309 e. The lowest BCUT2D eigenvalue weighted by molar-refractivity contribution is -0.151. The molecule has 1 aliphatic carbocycles. The average molecular weight is 309 g/mol. The molecule has 0 aromatic heterocycles. The zero-order chi connectivity index (χ0) is 16.1. The quantitative estimate of drug-likeness (QED) is 0.692. The maximum absolute atomic E-state index is 11.9. The van der Waals surface area contributed by atoms with Crippen LogP contribution in [0.25, 0.3) is 10.8 Å². The first-order valence-corrected chi connectivity index (χ1v) is 7.82. The van der Waals surface area contributed by atoms with Crippen molar-refractivity contribution in [2.75, 3.05) is 11.9 Å². The molecule has 0 heterocycles. The molecule has 1 amide bonds. The van der Waals surface area contributed by atoms with Gasteiger partial charge in [-0.05, 0) is 42.2 Å². The van der Waals surface area contributed by atoms with Gasteiger partial charge in [-0.3, -0.25) is 9.59 Å². The first-order valence-electron chi connectivity index (χ1n) is 7.82. The van der Waals surface area contributed by atoms with E-state index < -0.39 is 0 Å². The van der Waals surface area contributed by atoms with Gasteiger partial charge in [-0.2, -0.15) is 0 Å². The smallest absolute Gasteiger partial charge is 0.309 e. The van der Waals surface area contributed by atoms with Crippen LogP contribution in [-0.4, -0.2) is 18.5 Å². The molecule has 0 fully saturated rings. The molecule has 2 aromatic carbocycles. The third-order valence-electron chi connectivity index (χ3n) is 3.98. The van der Waals surface area contributed by atoms with E-state index >= 15 is 0 Å². The van der Waals surface area contributed by atoms with Crippen molar-refractivity contribution in [2.24, 2.45) is 5.92 Å². The normalized spacial score (nSPS) is 17.0. The number of rotatable bonds is 4. The molecule has 1 N–H and O–H groups in total. The van der Waals surface area contributed by atoms with Gasteiger partial charge in [-0.25, -0.2) is 0 Å². The number of nitrogens with one attached hydrogen (secondary N) is 1. The van der Waals surface area contributed by atoms with Crippen molar-refractivity contribution in [1.82, 2.24) is 0 Å². The van der Waals surface area contributed by atoms with Crippen molar-refractivity contribution in [1.29, 1.82) is 0 Å². The Labute approximate surface area is 135 Å². The summed E-state index contributed by atoms with van der Waals surface area (Å²) in [6, 6.07) is 13.6. The molecule has 23 heavy (non-hydrogen) atoms. The van der Waals surface area contributed by atoms with Crippen molar-refractivity contribution in [3.8, 4) is 0 Å². The van der Waals surface area contributed by atoms with Gasteiger partial charge in [0.25, 0.3) is 5.91 Å². The van der Waals surface area contributed by atoms with Gasteiger partial charge in [-0.15, -0.1) is 0 Å². The zero-order valence-electron chi connectivity index (χ0n) is 12.8. The molecule has 1 atom stereocenters. The van der Waals surface area contributed by atoms with Crippen LogP contribution in [0.1, 0.15) is 19.3 Å². The van der Waals surface area contributed by atoms with Crippen LogP contribution in [-0.2, 0) is 14.3 Å². The van der Waals surface area contributed by atoms with Crippen LogP contribution in [0.5, 0.6) is 0 Å². The second-order valence-corrected chi connectivity index (χ2v) is 5.70. The highest BCUT2D eigenvalue weighted by Gasteiger charge is 2.20. The lowest BCUT2D eigenvalue weighted by atomic mass is 9.95. The van der Waals surface area contributed by atoms with Gasteiger partial charge in [0.05, 0.1) is 5.92 Å². The number of esters is 1. The van der Waals surface area contributed by atoms with E-state index in [-0.39, 0.29) is 24.4 Å². The summed E-state index contributed by atoms with van der Waals surface area (Å²) in [7, 11) is 0. The van der Waals surface area contributed by atoms with Gasteiger partial charge in [-0.1, -0.05) is 42.5 Å². The van der Waals surface area contributed by atoms with Crippen molar-refractivity contribution in [3.63, 3.8) is 0 Å². The summed E-state index contributed by atoms with van der Waals surface area (Å²) in [5, 5.41) is 4.93. The molecular formula is C19H19NO3. The summed E-state index contributed by atoms with van der Waals surface area (Å²) in [4.78, 5) is 23.8. The summed E-state index contributed by atoms with van der Waals surface area (Å²) in [5.74, 6) is -0.725. The number of carbonyl (C=O) groups excluding carboxylic acids is 2. The Balaban J connectivity index is 1.53. The lowest BCUT2D eigenvalue weighted by Crippen LogP contribution is -2.25. The molecule has 0 bridgehead atoms. The van der Waals surface area contributed by atoms with Gasteiger partial charge in [0.2, 0.25) is 0 Å². The van der Waals surface area contributed by atoms with Gasteiger partial charge in [0.1, 0.15) is 0 Å². The fraction of sp³-hybridized carbons (Fsp3) is 0.263. The largest absolute Gasteiger partial charge is 0.455 e. The van der Waals surface area contributed by atoms with Gasteiger partial charge in [0, 0.05) is 5.69 Å². The fourth-order valence-corrected chi connectivity index (χ4v) is 2.73. The van der Waals surface area contributed by atoms with Gasteiger partial charge >= 0.3 is 5.97 Å². The average Bonchev–Trinajstić information content (AvgIpc) is 2.60. The highest BCUT2D eigenvalue weighted by Crippen LogP contribution is 2.20. The molecule has 4 nitrogen and oxygen atoms in total. The van der Waals surface area contributed by atoms with Crippen LogP contribution >= 0.6 is 0 Å². The van der Waals surface area contributed by atoms with E-state index in [0.29, 0.717) is 12.1 Å². The minimum atomic E-state index is -0.319. The van der Waals surface area contributed by atoms with E-state index in [0.717, 1.165) is 23.6 Å². The number of anilines is 1. The number of hydrogen-bond acceptors (Lipinski definition) is 3. The van der Waals surface area contributed by atoms with E-state index in [1.54, 1.807) is 0 Å². The number of ether oxygens (including phenoxy) is 1. The number of hydrogen-bond donors (Lipinski definition) is 1. The molecule has 4 heteroatoms. The van der Waals surface area contributed by atoms with E-state index in [4.69, 9.17) is 4.74 Å². The van der Waals surface area contributed by atoms with E-state index in [9.17, 15) is 9.59 Å². The summed E-state index contributed by atoms with van der Waals surface area (Å²) in [5.41, 5.74) is 0.699. The van der Waals surface area contributed by atoms with Crippen LogP contribution in [0.2, 0.25) is 0 Å². The number of amides is 1. The van der Waals surface area contributed by atoms with Crippen LogP contribution in [0.3, 0.4) is 0 Å². The van der Waals surface area contributed by atoms with E-state index in [2.05, 4.69) is 11.4 Å². The monoisotopic (exact) mass is 309 g/mol. The Kier molecular flexibility index (Phi) is 4.71. The summed E-state index contributed by atoms with van der Waals surface area (Å²) >= 11 is 0. The predicted octanol–water partition coefficient (Wildman–Crippen LogP) is 3.68. The minimum absolute atomic E-state index is 0.117. The molecule has 2 aromatic rings. The molecule has 0 saturated carbocycles. The summed E-state index contributed by atoms with van der Waals surface area (Å²) in [6.07, 6.45) is 6.44. The Morgan fingerprint density at radius 1 is 1.09 bits per heavy atom. The molecule has 0 spiro atoms. The SMILES string of the molecule is O=C(COC(=O)[C@H]1CC=CCC1)Nc1ccc2ccccc2c1. The van der Waals surface area contributed by atoms with Crippen molar-refractivity contribution >= 4 is 28.3 Å². The third-order valence-corrected chi connectivity index (χ3v) is 3.98. The first-order chi connectivity index (χ1) is 11.2. The molecule has 1 aliphatic rings. The maximum atomic E-state index is 11.9. The molecule has 0 saturated heterocycles. The number of benzene rings is 2. The van der Waals surface area contributed by atoms with E-state index in [1.807, 2.05) is 48.5 Å². The standard InChI is InChI=1S/C19H19NO3/c21-18(13-23-19(22)15-7-2-1-3-8-15)20-17-11-10-14-6-4-5-9-16(14)12-17/h1-2,4-6,9-12,15H,3,7-8,13H2,(H,20,21)/t15-/m0/s1. The number of carbonyl (C=O) groups is 2. The van der Waals surface area contributed by atoms with Crippen LogP contribution in [0, 0.1) is 5.92 Å². The third kappa shape index (κ3) is 3.97. The van der Waals surface area contributed by atoms with E-state index in [1.165, 1.54) is 0 Å². The Morgan fingerprint density at radius 2 is 1.91 bits per heavy atom. The Bertz CT molecular complexity index is 751. The molecular weight excluding hydrogens is 290 g/mol. The summed E-state index contributed by atoms with van der Waals surface area (Å²) in [6.45, 7) is -0.244. The van der Waals surface area contributed by atoms with Crippen molar-refractivity contribution in [2.45, 2.75) is 19.3 Å². The second-order valence-electron chi connectivity index (χ2n) is 5.70. The predicted molar refractivity (Wildman–Crippen MR) is 90.0 cm³/mol. The Hall–Kier alpha value is -2.62. The van der Waals surface area contributed by atoms with Gasteiger partial charge < -0.3 is 10.1 Å². The van der Waals surface area contributed by atoms with Crippen molar-refractivity contribution in [3.05, 3.63) is 54.6 Å². The molecule has 118 valence electrons. The van der Waals surface area contributed by atoms with Gasteiger partial charge in [0.15, 0.2) is 6.61 Å². The second kappa shape index (κ2) is 7.09.